The van der Waals surface area contributed by atoms with Gasteiger partial charge in [0.05, 0.1) is 59.3 Å². The second-order valence-corrected chi connectivity index (χ2v) is 10.1. The summed E-state index contributed by atoms with van der Waals surface area (Å²) in [4.78, 5) is 14.1. The van der Waals surface area contributed by atoms with Crippen LogP contribution in [-0.2, 0) is 11.3 Å². The highest BCUT2D eigenvalue weighted by Crippen LogP contribution is 2.36. The number of hydrogen-bond donors (Lipinski definition) is 1. The first kappa shape index (κ1) is 19.0. The Balaban J connectivity index is 1.09. The summed E-state index contributed by atoms with van der Waals surface area (Å²) in [6.07, 6.45) is 4.57. The van der Waals surface area contributed by atoms with Crippen LogP contribution in [0.5, 0.6) is 11.5 Å². The molecule has 11 nitrogen and oxygen atoms in total. The zero-order valence-electron chi connectivity index (χ0n) is 29.2. The maximum atomic E-state index is 9.76. The van der Waals surface area contributed by atoms with Crippen LogP contribution in [0.1, 0.15) is 27.1 Å². The number of nitrogens with zero attached hydrogens (tertiary/aromatic N) is 7. The van der Waals surface area contributed by atoms with E-state index in [0.29, 0.717) is 28.9 Å². The molecule has 41 heavy (non-hydrogen) atoms. The minimum atomic E-state index is -3.02. The monoisotopic (exact) mass is 559 g/mol. The first-order valence-corrected chi connectivity index (χ1v) is 13.2. The summed E-state index contributed by atoms with van der Waals surface area (Å²) in [7, 11) is 1.66. The molecule has 3 atom stereocenters. The molecule has 4 aliphatic heterocycles. The van der Waals surface area contributed by atoms with Crippen LogP contribution in [0.3, 0.4) is 0 Å². The van der Waals surface area contributed by atoms with Crippen molar-refractivity contribution in [3.05, 3.63) is 66.2 Å². The molecule has 7 heterocycles. The Hall–Kier alpha value is -4.24. The van der Waals surface area contributed by atoms with E-state index < -0.39 is 32.2 Å². The molecule has 0 amide bonds. The highest BCUT2D eigenvalue weighted by Gasteiger charge is 2.44. The van der Waals surface area contributed by atoms with Crippen LogP contribution in [0.4, 0.5) is 5.82 Å². The van der Waals surface area contributed by atoms with Gasteiger partial charge < -0.3 is 24.4 Å². The average molecular weight is 560 g/mol. The largest absolute Gasteiger partial charge is 0.497 e. The molecular formula is C30H32N8O3. The number of piperidine rings is 1. The Kier molecular flexibility index (Phi) is 5.08. The Morgan fingerprint density at radius 3 is 2.78 bits per heavy atom. The highest BCUT2D eigenvalue weighted by molar-refractivity contribution is 5.83. The predicted octanol–water partition coefficient (Wildman–Crippen LogP) is 2.50. The fraction of sp³-hybridized carbons (Fsp3) is 0.400. The Morgan fingerprint density at radius 2 is 2.02 bits per heavy atom. The number of fused-ring (bicyclic) bond motifs is 3. The maximum absolute atomic E-state index is 9.76. The number of ether oxygens (including phenoxy) is 3. The molecule has 3 aromatic heterocycles. The zero-order valence-corrected chi connectivity index (χ0v) is 22.2. The van der Waals surface area contributed by atoms with Gasteiger partial charge in [-0.3, -0.25) is 9.88 Å². The van der Waals surface area contributed by atoms with E-state index >= 15 is 0 Å². The minimum Gasteiger partial charge on any atom is -0.497 e. The van der Waals surface area contributed by atoms with E-state index in [1.807, 2.05) is 17.4 Å². The molecular weight excluding hydrogens is 520 g/mol. The fourth-order valence-electron chi connectivity index (χ4n) is 5.60. The third kappa shape index (κ3) is 5.06. The number of morpholine rings is 1. The Bertz CT molecular complexity index is 1870. The van der Waals surface area contributed by atoms with Crippen LogP contribution in [-0.4, -0.2) is 89.0 Å². The normalized spacial score (nSPS) is 30.2. The van der Waals surface area contributed by atoms with Gasteiger partial charge in [0.1, 0.15) is 36.1 Å². The van der Waals surface area contributed by atoms with Gasteiger partial charge in [-0.05, 0) is 30.2 Å². The second-order valence-electron chi connectivity index (χ2n) is 10.1. The summed E-state index contributed by atoms with van der Waals surface area (Å²) in [5.41, 5.74) is 2.82. The number of aromatic nitrogens is 4. The van der Waals surface area contributed by atoms with Crippen LogP contribution in [0.15, 0.2) is 55.1 Å². The van der Waals surface area contributed by atoms with Crippen molar-refractivity contribution < 1.29 is 23.8 Å². The van der Waals surface area contributed by atoms with Crippen LogP contribution >= 0.6 is 0 Å². The van der Waals surface area contributed by atoms with Gasteiger partial charge in [0, 0.05) is 55.8 Å². The molecule has 1 N–H and O–H groups in total. The number of methoxy groups -OCH3 is 1. The number of nitrogens with one attached hydrogen (secondary N) is 1. The summed E-state index contributed by atoms with van der Waals surface area (Å²) in [5.74, 6) is 1.66. The van der Waals surface area contributed by atoms with Gasteiger partial charge in [-0.2, -0.15) is 10.4 Å². The van der Waals surface area contributed by atoms with Gasteiger partial charge in [-0.25, -0.2) is 9.50 Å². The molecule has 2 bridgehead atoms. The van der Waals surface area contributed by atoms with Crippen molar-refractivity contribution in [3.63, 3.8) is 0 Å². The number of anilines is 1. The molecule has 0 spiro atoms. The van der Waals surface area contributed by atoms with E-state index in [1.54, 1.807) is 25.6 Å². The highest BCUT2D eigenvalue weighted by atomic mass is 16.5. The topological polar surface area (TPSA) is 113 Å². The molecule has 4 saturated heterocycles. The number of rotatable bonds is 8. The lowest BCUT2D eigenvalue weighted by Gasteiger charge is -2.56. The molecule has 1 aromatic carbocycles. The van der Waals surface area contributed by atoms with Crippen molar-refractivity contribution in [1.82, 2.24) is 29.8 Å². The van der Waals surface area contributed by atoms with Gasteiger partial charge in [-0.15, -0.1) is 0 Å². The molecule has 4 aliphatic rings. The second kappa shape index (κ2) is 11.0. The Labute approximate surface area is 248 Å². The van der Waals surface area contributed by atoms with Crippen molar-refractivity contribution in [3.8, 4) is 28.8 Å². The number of pyridine rings is 1. The molecule has 4 aromatic rings. The smallest absolute Gasteiger partial charge is 0.147 e. The average Bonchev–Trinajstić information content (AvgIpc) is 3.48. The van der Waals surface area contributed by atoms with Crippen molar-refractivity contribution in [2.24, 2.45) is 0 Å². The first-order valence-electron chi connectivity index (χ1n) is 16.7. The minimum absolute atomic E-state index is 0.101. The lowest BCUT2D eigenvalue weighted by Crippen LogP contribution is -2.68. The molecule has 210 valence electrons. The van der Waals surface area contributed by atoms with Gasteiger partial charge in [0.2, 0.25) is 0 Å². The molecule has 0 radical (unpaired) electrons. The number of hydrogen-bond acceptors (Lipinski definition) is 10. The van der Waals surface area contributed by atoms with Crippen LogP contribution in [0.25, 0.3) is 16.8 Å². The summed E-state index contributed by atoms with van der Waals surface area (Å²) < 4.78 is 73.7. The Morgan fingerprint density at radius 1 is 1.17 bits per heavy atom. The number of piperazine rings is 1. The van der Waals surface area contributed by atoms with E-state index in [1.165, 1.54) is 22.5 Å². The van der Waals surface area contributed by atoms with Crippen LogP contribution in [0.2, 0.25) is 0 Å². The molecule has 11 heteroatoms. The van der Waals surface area contributed by atoms with E-state index in [4.69, 9.17) is 28.8 Å². The molecule has 3 unspecified atom stereocenters. The van der Waals surface area contributed by atoms with Crippen molar-refractivity contribution in [1.29, 1.82) is 5.26 Å². The number of benzene rings is 1. The van der Waals surface area contributed by atoms with Gasteiger partial charge in [0.25, 0.3) is 0 Å². The molecule has 8 rings (SSSR count). The molecule has 4 fully saturated rings. The van der Waals surface area contributed by atoms with E-state index in [-0.39, 0.29) is 11.3 Å². The fourth-order valence-corrected chi connectivity index (χ4v) is 5.60. The maximum Gasteiger partial charge on any atom is 0.147 e. The van der Waals surface area contributed by atoms with E-state index in [0.717, 1.165) is 37.6 Å². The van der Waals surface area contributed by atoms with Crippen molar-refractivity contribution >= 4 is 11.3 Å². The van der Waals surface area contributed by atoms with Crippen molar-refractivity contribution in [2.45, 2.75) is 31.1 Å². The van der Waals surface area contributed by atoms with Crippen molar-refractivity contribution in [2.75, 3.05) is 51.3 Å². The third-order valence-corrected chi connectivity index (χ3v) is 7.67. The zero-order chi connectivity index (χ0) is 34.1. The molecule has 0 saturated carbocycles. The number of nitriles is 1. The summed E-state index contributed by atoms with van der Waals surface area (Å²) in [6.45, 7) is -7.05. The SMILES string of the molecule is [2H]C1([2H])NC([2H])([2H])C([2H])(COc2cc(-c3cnc(N4CC5CC(C4)N5Cc4ccc(OC)cc4)cn3)c3c(C#N)cnn3c2)OC1([2H])[2H]. The summed E-state index contributed by atoms with van der Waals surface area (Å²) in [5, 5.41) is 15.9. The van der Waals surface area contributed by atoms with Crippen LogP contribution in [0, 0.1) is 11.3 Å². The first-order chi connectivity index (χ1) is 22.7. The molecule has 0 aliphatic carbocycles. The summed E-state index contributed by atoms with van der Waals surface area (Å²) >= 11 is 0. The lowest BCUT2D eigenvalue weighted by atomic mass is 9.87. The third-order valence-electron chi connectivity index (χ3n) is 7.67. The van der Waals surface area contributed by atoms with E-state index in [9.17, 15) is 5.26 Å². The van der Waals surface area contributed by atoms with E-state index in [2.05, 4.69) is 38.1 Å². The van der Waals surface area contributed by atoms with Crippen LogP contribution < -0.4 is 19.7 Å². The summed E-state index contributed by atoms with van der Waals surface area (Å²) in [6, 6.07) is 12.6. The van der Waals surface area contributed by atoms with Gasteiger partial charge in [0.15, 0.2) is 0 Å². The van der Waals surface area contributed by atoms with Gasteiger partial charge in [-0.1, -0.05) is 12.1 Å². The standard InChI is InChI=1S/C30H32N8O3/c1-39-24-4-2-20(3-5-24)15-37-22-8-23(37)17-36(16-22)29-14-33-28(13-34-29)27-9-25(41-19-26-12-32-6-7-40-26)18-38-30(27)21(10-31)11-35-38/h2-5,9,11,13-14,18,22-23,26,32H,6-8,12,15-17,19H2,1H3/i6D2,7D2,12D2,26D. The lowest BCUT2D eigenvalue weighted by molar-refractivity contribution is -0.00870. The van der Waals surface area contributed by atoms with Gasteiger partial charge >= 0.3 is 0 Å². The predicted molar refractivity (Wildman–Crippen MR) is 152 cm³/mol. The quantitative estimate of drug-likeness (QED) is 0.346.